The van der Waals surface area contributed by atoms with Crippen molar-refractivity contribution in [1.82, 2.24) is 5.73 Å². The molecule has 0 bridgehead atoms. The summed E-state index contributed by atoms with van der Waals surface area (Å²) in [6, 6.07) is -1.25. The molecule has 0 spiro atoms. The van der Waals surface area contributed by atoms with E-state index in [1.165, 1.54) is 0 Å². The second-order valence-corrected chi connectivity index (χ2v) is 4.02. The molecule has 1 atom stereocenters. The van der Waals surface area contributed by atoms with E-state index in [1.807, 2.05) is 0 Å². The number of ether oxygens (including phenoxy) is 1. The van der Waals surface area contributed by atoms with E-state index in [-0.39, 0.29) is 12.8 Å². The molecule has 5 nitrogen and oxygen atoms in total. The van der Waals surface area contributed by atoms with E-state index >= 15 is 0 Å². The molecular formula is C9H16NO4. The minimum atomic E-state index is -1.25. The maximum absolute atomic E-state index is 11.1. The minimum Gasteiger partial charge on any atom is -0.480 e. The molecule has 1 radical (unpaired) electrons. The van der Waals surface area contributed by atoms with Crippen LogP contribution in [0.15, 0.2) is 0 Å². The quantitative estimate of drug-likeness (QED) is 0.684. The third-order valence-electron chi connectivity index (χ3n) is 1.36. The second kappa shape index (κ2) is 4.95. The fourth-order valence-corrected chi connectivity index (χ4v) is 0.778. The predicted octanol–water partition coefficient (Wildman–Crippen LogP) is 0.844. The van der Waals surface area contributed by atoms with Gasteiger partial charge in [-0.15, -0.1) is 0 Å². The summed E-state index contributed by atoms with van der Waals surface area (Å²) in [5.74, 6) is -1.68. The monoisotopic (exact) mass is 202 g/mol. The molecule has 0 heterocycles. The molecule has 0 aliphatic heterocycles. The molecule has 0 aliphatic rings. The van der Waals surface area contributed by atoms with Crippen molar-refractivity contribution in [1.29, 1.82) is 0 Å². The lowest BCUT2D eigenvalue weighted by Crippen LogP contribution is -2.26. The van der Waals surface area contributed by atoms with Crippen molar-refractivity contribution < 1.29 is 19.4 Å². The molecule has 0 aliphatic carbocycles. The average molecular weight is 202 g/mol. The zero-order chi connectivity index (χ0) is 11.4. The van der Waals surface area contributed by atoms with Gasteiger partial charge in [0.05, 0.1) is 0 Å². The highest BCUT2D eigenvalue weighted by molar-refractivity contribution is 5.75. The third-order valence-corrected chi connectivity index (χ3v) is 1.36. The number of aliphatic carboxylic acids is 1. The van der Waals surface area contributed by atoms with Crippen molar-refractivity contribution in [2.24, 2.45) is 0 Å². The summed E-state index contributed by atoms with van der Waals surface area (Å²) in [5.41, 5.74) is 6.49. The molecule has 0 aromatic rings. The summed E-state index contributed by atoms with van der Waals surface area (Å²) in [5, 5.41) is 8.39. The highest BCUT2D eigenvalue weighted by Gasteiger charge is 2.19. The van der Waals surface area contributed by atoms with Crippen LogP contribution in [-0.4, -0.2) is 28.7 Å². The first-order chi connectivity index (χ1) is 6.22. The minimum absolute atomic E-state index is 0.00968. The SMILES string of the molecule is CC(C)(C)OC(=O)CC[C@@H]([NH])C(=O)O. The third kappa shape index (κ3) is 6.42. The second-order valence-electron chi connectivity index (χ2n) is 4.02. The Labute approximate surface area is 83.2 Å². The lowest BCUT2D eigenvalue weighted by atomic mass is 10.1. The first-order valence-electron chi connectivity index (χ1n) is 4.38. The molecule has 5 heteroatoms. The molecule has 0 saturated carbocycles. The van der Waals surface area contributed by atoms with Gasteiger partial charge in [0.25, 0.3) is 0 Å². The largest absolute Gasteiger partial charge is 0.480 e. The number of esters is 1. The first-order valence-corrected chi connectivity index (χ1v) is 4.38. The molecule has 0 amide bonds. The number of carboxylic acid groups (broad SMARTS) is 1. The Morgan fingerprint density at radius 1 is 1.43 bits per heavy atom. The molecule has 0 saturated heterocycles. The van der Waals surface area contributed by atoms with Crippen LogP contribution in [0.25, 0.3) is 0 Å². The van der Waals surface area contributed by atoms with Gasteiger partial charge in [0, 0.05) is 6.42 Å². The summed E-state index contributed by atoms with van der Waals surface area (Å²) >= 11 is 0. The van der Waals surface area contributed by atoms with Crippen LogP contribution in [0.3, 0.4) is 0 Å². The molecule has 0 aromatic heterocycles. The van der Waals surface area contributed by atoms with Crippen molar-refractivity contribution in [3.05, 3.63) is 0 Å². The Balaban J connectivity index is 3.81. The van der Waals surface area contributed by atoms with E-state index in [2.05, 4.69) is 0 Å². The molecule has 0 unspecified atom stereocenters. The van der Waals surface area contributed by atoms with Crippen molar-refractivity contribution in [2.75, 3.05) is 0 Å². The maximum Gasteiger partial charge on any atom is 0.322 e. The number of carboxylic acids is 1. The molecule has 0 fully saturated rings. The van der Waals surface area contributed by atoms with E-state index in [9.17, 15) is 9.59 Å². The van der Waals surface area contributed by atoms with E-state index in [0.717, 1.165) is 0 Å². The van der Waals surface area contributed by atoms with Gasteiger partial charge in [-0.1, -0.05) is 0 Å². The van der Waals surface area contributed by atoms with Crippen LogP contribution in [0.4, 0.5) is 0 Å². The summed E-state index contributed by atoms with van der Waals surface area (Å²) in [6.45, 7) is 5.21. The Morgan fingerprint density at radius 3 is 2.29 bits per heavy atom. The van der Waals surface area contributed by atoms with E-state index in [4.69, 9.17) is 15.6 Å². The van der Waals surface area contributed by atoms with Gasteiger partial charge < -0.3 is 9.84 Å². The zero-order valence-electron chi connectivity index (χ0n) is 8.66. The van der Waals surface area contributed by atoms with Crippen LogP contribution in [0.5, 0.6) is 0 Å². The standard InChI is InChI=1S/C9H16NO4/c1-9(2,3)14-7(11)5-4-6(10)8(12)13/h6,10H,4-5H2,1-3H3,(H,12,13)/t6-/m1/s1. The van der Waals surface area contributed by atoms with Crippen molar-refractivity contribution >= 4 is 11.9 Å². The lowest BCUT2D eigenvalue weighted by Gasteiger charge is -2.19. The number of nitrogens with one attached hydrogen (secondary N) is 1. The Kier molecular flexibility index (Phi) is 4.56. The van der Waals surface area contributed by atoms with Gasteiger partial charge in [-0.3, -0.25) is 9.59 Å². The zero-order valence-corrected chi connectivity index (χ0v) is 8.66. The summed E-state index contributed by atoms with van der Waals surface area (Å²) in [6.07, 6.45) is -0.0397. The van der Waals surface area contributed by atoms with Crippen LogP contribution in [-0.2, 0) is 14.3 Å². The number of carbonyl (C=O) groups excluding carboxylic acids is 1. The Bertz CT molecular complexity index is 219. The van der Waals surface area contributed by atoms with E-state index < -0.39 is 23.6 Å². The molecule has 14 heavy (non-hydrogen) atoms. The van der Waals surface area contributed by atoms with Crippen molar-refractivity contribution in [3.63, 3.8) is 0 Å². The fraction of sp³-hybridized carbons (Fsp3) is 0.778. The highest BCUT2D eigenvalue weighted by Crippen LogP contribution is 2.09. The van der Waals surface area contributed by atoms with Crippen LogP contribution >= 0.6 is 0 Å². The van der Waals surface area contributed by atoms with Gasteiger partial charge in [0.1, 0.15) is 11.6 Å². The van der Waals surface area contributed by atoms with Gasteiger partial charge in [-0.05, 0) is 27.2 Å². The van der Waals surface area contributed by atoms with Gasteiger partial charge in [-0.2, -0.15) is 0 Å². The average Bonchev–Trinajstić information content (AvgIpc) is 1.96. The van der Waals surface area contributed by atoms with Crippen molar-refractivity contribution in [2.45, 2.75) is 45.3 Å². The highest BCUT2D eigenvalue weighted by atomic mass is 16.6. The molecule has 0 aromatic carbocycles. The Hall–Kier alpha value is -1.10. The van der Waals surface area contributed by atoms with E-state index in [1.54, 1.807) is 20.8 Å². The lowest BCUT2D eigenvalue weighted by molar-refractivity contribution is -0.155. The maximum atomic E-state index is 11.1. The van der Waals surface area contributed by atoms with Gasteiger partial charge in [0.15, 0.2) is 0 Å². The number of carbonyl (C=O) groups is 2. The number of rotatable bonds is 4. The summed E-state index contributed by atoms with van der Waals surface area (Å²) in [4.78, 5) is 21.3. The smallest absolute Gasteiger partial charge is 0.322 e. The molecule has 0 rings (SSSR count). The fourth-order valence-electron chi connectivity index (χ4n) is 0.778. The van der Waals surface area contributed by atoms with Crippen LogP contribution in [0.2, 0.25) is 0 Å². The van der Waals surface area contributed by atoms with Gasteiger partial charge >= 0.3 is 11.9 Å². The van der Waals surface area contributed by atoms with Gasteiger partial charge in [0.2, 0.25) is 0 Å². The van der Waals surface area contributed by atoms with Crippen molar-refractivity contribution in [3.8, 4) is 0 Å². The summed E-state index contributed by atoms with van der Waals surface area (Å²) < 4.78 is 4.95. The topological polar surface area (TPSA) is 87.4 Å². The van der Waals surface area contributed by atoms with Gasteiger partial charge in [-0.25, -0.2) is 5.73 Å². The Morgan fingerprint density at radius 2 is 1.93 bits per heavy atom. The molecule has 81 valence electrons. The number of hydrogen-bond donors (Lipinski definition) is 1. The summed E-state index contributed by atoms with van der Waals surface area (Å²) in [7, 11) is 0. The normalized spacial score (nSPS) is 13.4. The number of hydrogen-bond acceptors (Lipinski definition) is 3. The van der Waals surface area contributed by atoms with Crippen LogP contribution in [0, 0.1) is 0 Å². The van der Waals surface area contributed by atoms with Crippen LogP contribution < -0.4 is 5.73 Å². The van der Waals surface area contributed by atoms with Crippen LogP contribution in [0.1, 0.15) is 33.6 Å². The molecular weight excluding hydrogens is 186 g/mol. The van der Waals surface area contributed by atoms with E-state index in [0.29, 0.717) is 0 Å². The predicted molar refractivity (Wildman–Crippen MR) is 49.6 cm³/mol. The molecule has 2 N–H and O–H groups in total. The first kappa shape index (κ1) is 12.9.